The van der Waals surface area contributed by atoms with Gasteiger partial charge < -0.3 is 0 Å². The van der Waals surface area contributed by atoms with E-state index in [0.717, 1.165) is 0 Å². The minimum absolute atomic E-state index is 0.0150. The third-order valence-electron chi connectivity index (χ3n) is 1.05. The van der Waals surface area contributed by atoms with Gasteiger partial charge in [0.25, 0.3) is 0 Å². The van der Waals surface area contributed by atoms with Crippen LogP contribution in [0.5, 0.6) is 0 Å². The molecule has 0 aromatic carbocycles. The summed E-state index contributed by atoms with van der Waals surface area (Å²) in [6, 6.07) is 0. The molecule has 0 bridgehead atoms. The SMILES string of the molecule is CC(C)CCNC(F)(F)F. The topological polar surface area (TPSA) is 12.0 Å². The number of nitrogens with one attached hydrogen (secondary N) is 1. The van der Waals surface area contributed by atoms with Crippen molar-refractivity contribution in [2.24, 2.45) is 5.92 Å². The molecule has 0 aromatic heterocycles. The van der Waals surface area contributed by atoms with E-state index in [2.05, 4.69) is 0 Å². The van der Waals surface area contributed by atoms with Gasteiger partial charge >= 0.3 is 6.30 Å². The number of hydrogen-bond donors (Lipinski definition) is 1. The molecule has 4 heteroatoms. The fourth-order valence-corrected chi connectivity index (χ4v) is 0.503. The average molecular weight is 155 g/mol. The predicted molar refractivity (Wildman–Crippen MR) is 33.5 cm³/mol. The van der Waals surface area contributed by atoms with Crippen LogP contribution in [0.25, 0.3) is 0 Å². The Labute approximate surface area is 58.6 Å². The largest absolute Gasteiger partial charge is 0.457 e. The van der Waals surface area contributed by atoms with Crippen LogP contribution in [0, 0.1) is 5.92 Å². The van der Waals surface area contributed by atoms with Gasteiger partial charge in [0, 0.05) is 6.54 Å². The summed E-state index contributed by atoms with van der Waals surface area (Å²) in [5, 5.41) is 1.45. The summed E-state index contributed by atoms with van der Waals surface area (Å²) >= 11 is 0. The Morgan fingerprint density at radius 1 is 1.30 bits per heavy atom. The van der Waals surface area contributed by atoms with Crippen molar-refractivity contribution in [3.05, 3.63) is 0 Å². The van der Waals surface area contributed by atoms with Gasteiger partial charge in [-0.1, -0.05) is 13.8 Å². The molecular formula is C6H12F3N. The van der Waals surface area contributed by atoms with Crippen molar-refractivity contribution in [1.29, 1.82) is 0 Å². The summed E-state index contributed by atoms with van der Waals surface area (Å²) in [4.78, 5) is 0. The highest BCUT2D eigenvalue weighted by atomic mass is 19.4. The second-order valence-corrected chi connectivity index (χ2v) is 2.61. The molecule has 1 N–H and O–H groups in total. The van der Waals surface area contributed by atoms with Gasteiger partial charge in [0.05, 0.1) is 0 Å². The zero-order valence-corrected chi connectivity index (χ0v) is 6.13. The first-order chi connectivity index (χ1) is 4.42. The molecule has 0 aliphatic heterocycles. The molecule has 0 unspecified atom stereocenters. The average Bonchev–Trinajstić information content (AvgIpc) is 1.59. The summed E-state index contributed by atoms with van der Waals surface area (Å²) < 4.78 is 34.2. The molecule has 0 heterocycles. The lowest BCUT2D eigenvalue weighted by atomic mass is 10.1. The molecular weight excluding hydrogens is 143 g/mol. The van der Waals surface area contributed by atoms with Crippen molar-refractivity contribution < 1.29 is 13.2 Å². The molecule has 0 atom stereocenters. The van der Waals surface area contributed by atoms with Gasteiger partial charge in [-0.2, -0.15) is 13.2 Å². The van der Waals surface area contributed by atoms with Gasteiger partial charge in [0.1, 0.15) is 0 Å². The zero-order valence-electron chi connectivity index (χ0n) is 6.13. The van der Waals surface area contributed by atoms with Crippen LogP contribution in [0.2, 0.25) is 0 Å². The molecule has 0 saturated carbocycles. The molecule has 0 aliphatic carbocycles. The highest BCUT2D eigenvalue weighted by molar-refractivity contribution is 4.51. The van der Waals surface area contributed by atoms with Crippen molar-refractivity contribution in [3.63, 3.8) is 0 Å². The first kappa shape index (κ1) is 9.75. The minimum atomic E-state index is -4.21. The van der Waals surface area contributed by atoms with Crippen molar-refractivity contribution in [1.82, 2.24) is 5.32 Å². The van der Waals surface area contributed by atoms with Crippen LogP contribution in [0.3, 0.4) is 0 Å². The molecule has 0 fully saturated rings. The third kappa shape index (κ3) is 7.75. The molecule has 0 amide bonds. The fraction of sp³-hybridized carbons (Fsp3) is 1.00. The van der Waals surface area contributed by atoms with E-state index in [0.29, 0.717) is 12.3 Å². The summed E-state index contributed by atoms with van der Waals surface area (Å²) in [6.45, 7) is 3.79. The lowest BCUT2D eigenvalue weighted by Crippen LogP contribution is -2.32. The van der Waals surface area contributed by atoms with E-state index in [1.807, 2.05) is 13.8 Å². The Morgan fingerprint density at radius 2 is 1.80 bits per heavy atom. The van der Waals surface area contributed by atoms with Gasteiger partial charge in [-0.15, -0.1) is 0 Å². The molecule has 1 nitrogen and oxygen atoms in total. The van der Waals surface area contributed by atoms with Crippen molar-refractivity contribution >= 4 is 0 Å². The zero-order chi connectivity index (χ0) is 8.20. The normalized spacial score (nSPS) is 12.6. The van der Waals surface area contributed by atoms with E-state index < -0.39 is 6.30 Å². The predicted octanol–water partition coefficient (Wildman–Crippen LogP) is 2.14. The van der Waals surface area contributed by atoms with Crippen LogP contribution in [0.1, 0.15) is 20.3 Å². The summed E-state index contributed by atoms with van der Waals surface area (Å²) in [7, 11) is 0. The quantitative estimate of drug-likeness (QED) is 0.616. The minimum Gasteiger partial charge on any atom is -0.228 e. The van der Waals surface area contributed by atoms with Gasteiger partial charge in [-0.05, 0) is 12.3 Å². The second kappa shape index (κ2) is 3.81. The first-order valence-electron chi connectivity index (χ1n) is 3.23. The number of alkyl halides is 3. The molecule has 0 aliphatic rings. The molecule has 0 radical (unpaired) electrons. The fourth-order valence-electron chi connectivity index (χ4n) is 0.503. The van der Waals surface area contributed by atoms with E-state index in [-0.39, 0.29) is 6.54 Å². The van der Waals surface area contributed by atoms with E-state index >= 15 is 0 Å². The van der Waals surface area contributed by atoms with Crippen molar-refractivity contribution in [2.75, 3.05) is 6.54 Å². The summed E-state index contributed by atoms with van der Waals surface area (Å²) in [5.41, 5.74) is 0. The molecule has 62 valence electrons. The van der Waals surface area contributed by atoms with Crippen LogP contribution >= 0.6 is 0 Å². The Morgan fingerprint density at radius 3 is 2.10 bits per heavy atom. The van der Waals surface area contributed by atoms with Crippen LogP contribution in [0.15, 0.2) is 0 Å². The molecule has 0 aromatic rings. The van der Waals surface area contributed by atoms with Crippen LogP contribution in [0.4, 0.5) is 13.2 Å². The van der Waals surface area contributed by atoms with Gasteiger partial charge in [0.2, 0.25) is 0 Å². The molecule has 0 saturated heterocycles. The maximum Gasteiger partial charge on any atom is 0.457 e. The highest BCUT2D eigenvalue weighted by Crippen LogP contribution is 2.09. The highest BCUT2D eigenvalue weighted by Gasteiger charge is 2.25. The Kier molecular flexibility index (Phi) is 3.71. The van der Waals surface area contributed by atoms with Crippen LogP contribution < -0.4 is 5.32 Å². The Bertz CT molecular complexity index is 87.5. The Hall–Kier alpha value is -0.250. The first-order valence-corrected chi connectivity index (χ1v) is 3.23. The number of halogens is 3. The molecule has 0 rings (SSSR count). The Balaban J connectivity index is 3.21. The van der Waals surface area contributed by atoms with E-state index in [9.17, 15) is 13.2 Å². The smallest absolute Gasteiger partial charge is 0.228 e. The van der Waals surface area contributed by atoms with Gasteiger partial charge in [-0.25, -0.2) is 5.32 Å². The van der Waals surface area contributed by atoms with Gasteiger partial charge in [0.15, 0.2) is 0 Å². The molecule has 10 heavy (non-hydrogen) atoms. The number of rotatable bonds is 3. The molecule has 0 spiro atoms. The van der Waals surface area contributed by atoms with E-state index in [1.54, 1.807) is 0 Å². The standard InChI is InChI=1S/C6H12F3N/c1-5(2)3-4-10-6(7,8)9/h5,10H,3-4H2,1-2H3. The third-order valence-corrected chi connectivity index (χ3v) is 1.05. The maximum atomic E-state index is 11.4. The monoisotopic (exact) mass is 155 g/mol. The van der Waals surface area contributed by atoms with Crippen LogP contribution in [-0.4, -0.2) is 12.8 Å². The van der Waals surface area contributed by atoms with E-state index in [4.69, 9.17) is 0 Å². The lowest BCUT2D eigenvalue weighted by molar-refractivity contribution is -0.157. The summed E-state index contributed by atoms with van der Waals surface area (Å²) in [5.74, 6) is 0.315. The second-order valence-electron chi connectivity index (χ2n) is 2.61. The van der Waals surface area contributed by atoms with Crippen LogP contribution in [-0.2, 0) is 0 Å². The maximum absolute atomic E-state index is 11.4. The lowest BCUT2D eigenvalue weighted by Gasteiger charge is -2.08. The van der Waals surface area contributed by atoms with Crippen molar-refractivity contribution in [3.8, 4) is 0 Å². The van der Waals surface area contributed by atoms with Gasteiger partial charge in [-0.3, -0.25) is 0 Å². The summed E-state index contributed by atoms with van der Waals surface area (Å²) in [6.07, 6.45) is -3.66. The van der Waals surface area contributed by atoms with Crippen molar-refractivity contribution in [2.45, 2.75) is 26.6 Å². The van der Waals surface area contributed by atoms with E-state index in [1.165, 1.54) is 5.32 Å². The number of hydrogen-bond acceptors (Lipinski definition) is 1.